The molecule has 0 unspecified atom stereocenters. The molecular weight excluding hydrogens is 428 g/mol. The second-order valence-electron chi connectivity index (χ2n) is 5.56. The minimum atomic E-state index is -3.72. The van der Waals surface area contributed by atoms with E-state index in [9.17, 15) is 13.2 Å². The van der Waals surface area contributed by atoms with Gasteiger partial charge in [0, 0.05) is 16.5 Å². The summed E-state index contributed by atoms with van der Waals surface area (Å²) in [5.41, 5.74) is 0.885. The topological polar surface area (TPSA) is 66.5 Å². The second-order valence-corrected chi connectivity index (χ2v) is 8.95. The Balaban J connectivity index is 2.01. The van der Waals surface area contributed by atoms with E-state index in [1.807, 2.05) is 19.1 Å². The highest BCUT2D eigenvalue weighted by atomic mass is 79.9. The van der Waals surface area contributed by atoms with Crippen LogP contribution in [0.5, 0.6) is 0 Å². The monoisotopic (exact) mass is 444 g/mol. The summed E-state index contributed by atoms with van der Waals surface area (Å²) in [4.78, 5) is 12.3. The van der Waals surface area contributed by atoms with E-state index in [0.717, 1.165) is 14.3 Å². The number of likely N-dealkylation sites (N-methyl/N-ethyl adjacent to an activating group) is 1. The second kappa shape index (κ2) is 8.31. The fourth-order valence-electron chi connectivity index (χ4n) is 2.20. The van der Waals surface area contributed by atoms with E-state index >= 15 is 0 Å². The van der Waals surface area contributed by atoms with Crippen LogP contribution in [0.3, 0.4) is 0 Å². The van der Waals surface area contributed by atoms with Gasteiger partial charge in [-0.15, -0.1) is 0 Å². The maximum atomic E-state index is 12.5. The Kier molecular flexibility index (Phi) is 6.62. The summed E-state index contributed by atoms with van der Waals surface area (Å²) in [6.45, 7) is 1.56. The normalized spacial score (nSPS) is 12.8. The van der Waals surface area contributed by atoms with Crippen LogP contribution in [0.15, 0.2) is 57.9 Å². The van der Waals surface area contributed by atoms with Gasteiger partial charge in [-0.2, -0.15) is 4.31 Å². The van der Waals surface area contributed by atoms with Crippen molar-refractivity contribution in [2.75, 3.05) is 13.6 Å². The number of carbonyl (C=O) groups is 1. The predicted octanol–water partition coefficient (Wildman–Crippen LogP) is 3.60. The third kappa shape index (κ3) is 5.28. The number of benzene rings is 2. The fourth-order valence-corrected chi connectivity index (χ4v) is 3.71. The van der Waals surface area contributed by atoms with Crippen molar-refractivity contribution in [2.24, 2.45) is 0 Å². The molecule has 1 atom stereocenters. The quantitative estimate of drug-likeness (QED) is 0.739. The minimum Gasteiger partial charge on any atom is -0.348 e. The number of sulfonamides is 1. The Morgan fingerprint density at radius 1 is 1.16 bits per heavy atom. The molecule has 0 aliphatic carbocycles. The number of halogens is 2. The molecule has 0 saturated heterocycles. The number of amides is 1. The Bertz CT molecular complexity index is 839. The van der Waals surface area contributed by atoms with Gasteiger partial charge >= 0.3 is 0 Å². The van der Waals surface area contributed by atoms with Gasteiger partial charge in [-0.05, 0) is 48.9 Å². The molecule has 2 rings (SSSR count). The Morgan fingerprint density at radius 2 is 1.72 bits per heavy atom. The highest BCUT2D eigenvalue weighted by Gasteiger charge is 2.23. The molecule has 0 aromatic heterocycles. The molecule has 1 amide bonds. The van der Waals surface area contributed by atoms with Crippen LogP contribution in [0.4, 0.5) is 0 Å². The van der Waals surface area contributed by atoms with Crippen LogP contribution in [-0.4, -0.2) is 32.2 Å². The lowest BCUT2D eigenvalue weighted by Gasteiger charge is -2.19. The van der Waals surface area contributed by atoms with Crippen LogP contribution in [0.1, 0.15) is 18.5 Å². The van der Waals surface area contributed by atoms with Gasteiger partial charge in [-0.1, -0.05) is 39.7 Å². The molecule has 0 saturated carbocycles. The van der Waals surface area contributed by atoms with Gasteiger partial charge in [0.2, 0.25) is 15.9 Å². The first kappa shape index (κ1) is 19.9. The first-order valence-electron chi connectivity index (χ1n) is 7.47. The van der Waals surface area contributed by atoms with Crippen molar-refractivity contribution in [1.29, 1.82) is 0 Å². The molecular formula is C17H18BrClN2O3S. The first-order chi connectivity index (χ1) is 11.7. The number of rotatable bonds is 6. The van der Waals surface area contributed by atoms with Gasteiger partial charge in [-0.3, -0.25) is 4.79 Å². The molecule has 0 spiro atoms. The standard InChI is InChI=1S/C17H18BrClN2O3S/c1-12(13-3-7-15(19)8-4-13)20-17(22)11-21(2)25(23,24)16-9-5-14(18)6-10-16/h3-10,12H,11H2,1-2H3,(H,20,22)/t12-/m0/s1. The third-order valence-corrected chi connectivity index (χ3v) is 6.23. The van der Waals surface area contributed by atoms with Gasteiger partial charge in [0.15, 0.2) is 0 Å². The molecule has 134 valence electrons. The largest absolute Gasteiger partial charge is 0.348 e. The lowest BCUT2D eigenvalue weighted by molar-refractivity contribution is -0.121. The summed E-state index contributed by atoms with van der Waals surface area (Å²) < 4.78 is 26.8. The summed E-state index contributed by atoms with van der Waals surface area (Å²) in [5, 5.41) is 3.40. The highest BCUT2D eigenvalue weighted by Crippen LogP contribution is 2.18. The molecule has 0 heterocycles. The summed E-state index contributed by atoms with van der Waals surface area (Å²) in [6, 6.07) is 13.1. The molecule has 2 aromatic rings. The van der Waals surface area contributed by atoms with Gasteiger partial charge < -0.3 is 5.32 Å². The van der Waals surface area contributed by atoms with Crippen molar-refractivity contribution in [2.45, 2.75) is 17.9 Å². The van der Waals surface area contributed by atoms with Crippen molar-refractivity contribution >= 4 is 43.5 Å². The van der Waals surface area contributed by atoms with E-state index in [4.69, 9.17) is 11.6 Å². The molecule has 25 heavy (non-hydrogen) atoms. The van der Waals surface area contributed by atoms with Crippen molar-refractivity contribution in [1.82, 2.24) is 9.62 Å². The number of hydrogen-bond donors (Lipinski definition) is 1. The summed E-state index contributed by atoms with van der Waals surface area (Å²) in [6.07, 6.45) is 0. The average Bonchev–Trinajstić information content (AvgIpc) is 2.55. The molecule has 8 heteroatoms. The molecule has 0 radical (unpaired) electrons. The lowest BCUT2D eigenvalue weighted by Crippen LogP contribution is -2.39. The van der Waals surface area contributed by atoms with E-state index in [-0.39, 0.29) is 23.4 Å². The summed E-state index contributed by atoms with van der Waals surface area (Å²) in [7, 11) is -2.34. The van der Waals surface area contributed by atoms with Crippen molar-refractivity contribution < 1.29 is 13.2 Å². The Hall–Kier alpha value is -1.41. The zero-order chi connectivity index (χ0) is 18.6. The van der Waals surface area contributed by atoms with E-state index in [1.165, 1.54) is 19.2 Å². The van der Waals surface area contributed by atoms with E-state index in [1.54, 1.807) is 24.3 Å². The summed E-state index contributed by atoms with van der Waals surface area (Å²) >= 11 is 9.11. The molecule has 2 aromatic carbocycles. The zero-order valence-electron chi connectivity index (χ0n) is 13.7. The van der Waals surface area contributed by atoms with Crippen LogP contribution in [0.2, 0.25) is 5.02 Å². The molecule has 5 nitrogen and oxygen atoms in total. The van der Waals surface area contributed by atoms with Crippen LogP contribution in [0, 0.1) is 0 Å². The van der Waals surface area contributed by atoms with Crippen LogP contribution in [0.25, 0.3) is 0 Å². The number of nitrogens with zero attached hydrogens (tertiary/aromatic N) is 1. The molecule has 0 bridgehead atoms. The Labute approximate surface area is 161 Å². The molecule has 0 aliphatic heterocycles. The van der Waals surface area contributed by atoms with Gasteiger partial charge in [0.1, 0.15) is 0 Å². The number of hydrogen-bond acceptors (Lipinski definition) is 3. The van der Waals surface area contributed by atoms with Crippen LogP contribution < -0.4 is 5.32 Å². The lowest BCUT2D eigenvalue weighted by atomic mass is 10.1. The molecule has 0 aliphatic rings. The number of nitrogens with one attached hydrogen (secondary N) is 1. The predicted molar refractivity (Wildman–Crippen MR) is 102 cm³/mol. The van der Waals surface area contributed by atoms with Crippen molar-refractivity contribution in [3.05, 3.63) is 63.6 Å². The molecule has 1 N–H and O–H groups in total. The van der Waals surface area contributed by atoms with Gasteiger partial charge in [0.05, 0.1) is 17.5 Å². The Morgan fingerprint density at radius 3 is 2.28 bits per heavy atom. The van der Waals surface area contributed by atoms with Gasteiger partial charge in [0.25, 0.3) is 0 Å². The van der Waals surface area contributed by atoms with Crippen molar-refractivity contribution in [3.63, 3.8) is 0 Å². The highest BCUT2D eigenvalue weighted by molar-refractivity contribution is 9.10. The van der Waals surface area contributed by atoms with E-state index < -0.39 is 10.0 Å². The smallest absolute Gasteiger partial charge is 0.243 e. The van der Waals surface area contributed by atoms with Crippen LogP contribution >= 0.6 is 27.5 Å². The summed E-state index contributed by atoms with van der Waals surface area (Å²) in [5.74, 6) is -0.384. The average molecular weight is 446 g/mol. The first-order valence-corrected chi connectivity index (χ1v) is 10.1. The van der Waals surface area contributed by atoms with Crippen LogP contribution in [-0.2, 0) is 14.8 Å². The SMILES string of the molecule is C[C@H](NC(=O)CN(C)S(=O)(=O)c1ccc(Br)cc1)c1ccc(Cl)cc1. The molecule has 0 fully saturated rings. The van der Waals surface area contributed by atoms with Gasteiger partial charge in [-0.25, -0.2) is 8.42 Å². The zero-order valence-corrected chi connectivity index (χ0v) is 16.9. The minimum absolute atomic E-state index is 0.136. The fraction of sp³-hybridized carbons (Fsp3) is 0.235. The van der Waals surface area contributed by atoms with E-state index in [0.29, 0.717) is 5.02 Å². The third-order valence-electron chi connectivity index (χ3n) is 3.64. The maximum Gasteiger partial charge on any atom is 0.243 e. The van der Waals surface area contributed by atoms with Crippen molar-refractivity contribution in [3.8, 4) is 0 Å². The maximum absolute atomic E-state index is 12.5. The number of carbonyl (C=O) groups excluding carboxylic acids is 1. The van der Waals surface area contributed by atoms with E-state index in [2.05, 4.69) is 21.2 Å².